The van der Waals surface area contributed by atoms with Gasteiger partial charge in [0, 0.05) is 37.6 Å². The van der Waals surface area contributed by atoms with Crippen LogP contribution in [0.15, 0.2) is 76.5 Å². The maximum absolute atomic E-state index is 13.2. The molecule has 0 aliphatic carbocycles. The number of aromatic nitrogens is 3. The van der Waals surface area contributed by atoms with Crippen LogP contribution >= 0.6 is 11.8 Å². The van der Waals surface area contributed by atoms with Crippen LogP contribution in [-0.2, 0) is 4.79 Å². The van der Waals surface area contributed by atoms with Gasteiger partial charge in [0.15, 0.2) is 11.0 Å². The van der Waals surface area contributed by atoms with E-state index in [1.54, 1.807) is 18.4 Å². The topological polar surface area (TPSA) is 67.4 Å². The van der Waals surface area contributed by atoms with Gasteiger partial charge in [-0.3, -0.25) is 9.36 Å². The van der Waals surface area contributed by atoms with Gasteiger partial charge in [-0.2, -0.15) is 0 Å². The lowest BCUT2D eigenvalue weighted by molar-refractivity contribution is -0.128. The van der Waals surface area contributed by atoms with Gasteiger partial charge in [0.25, 0.3) is 0 Å². The number of piperazine rings is 1. The molecule has 5 rings (SSSR count). The molecule has 1 amide bonds. The Bertz CT molecular complexity index is 1260. The fourth-order valence-electron chi connectivity index (χ4n) is 4.05. The summed E-state index contributed by atoms with van der Waals surface area (Å²) in [6, 6.07) is 18.2. The number of furan rings is 1. The summed E-state index contributed by atoms with van der Waals surface area (Å²) in [4.78, 5) is 17.0. The summed E-state index contributed by atoms with van der Waals surface area (Å²) < 4.78 is 20.6. The third-order valence-corrected chi connectivity index (χ3v) is 6.81. The molecule has 7 nitrogen and oxygen atoms in total. The Hall–Kier alpha value is -3.59. The van der Waals surface area contributed by atoms with E-state index in [4.69, 9.17) is 4.42 Å². The average molecular weight is 478 g/mol. The van der Waals surface area contributed by atoms with E-state index in [0.717, 1.165) is 22.7 Å². The molecule has 0 N–H and O–H groups in total. The first-order chi connectivity index (χ1) is 16.6. The highest BCUT2D eigenvalue weighted by atomic mass is 32.2. The van der Waals surface area contributed by atoms with Gasteiger partial charge in [0.1, 0.15) is 11.6 Å². The zero-order valence-electron chi connectivity index (χ0n) is 18.7. The number of carbonyl (C=O) groups is 1. The average Bonchev–Trinajstić information content (AvgIpc) is 3.49. The SMILES string of the molecule is Cc1occc1-c1nnc(SCC(=O)N2CCN(c3ccc(F)cc3)CC2)n1-c1ccccc1. The number of hydrogen-bond donors (Lipinski definition) is 0. The fraction of sp³-hybridized carbons (Fsp3) is 0.240. The van der Waals surface area contributed by atoms with E-state index in [9.17, 15) is 9.18 Å². The molecule has 0 bridgehead atoms. The first-order valence-electron chi connectivity index (χ1n) is 11.1. The van der Waals surface area contributed by atoms with Crippen molar-refractivity contribution in [2.24, 2.45) is 0 Å². The lowest BCUT2D eigenvalue weighted by Crippen LogP contribution is -2.49. The summed E-state index contributed by atoms with van der Waals surface area (Å²) in [5.41, 5.74) is 2.76. The lowest BCUT2D eigenvalue weighted by Gasteiger charge is -2.36. The number of anilines is 1. The van der Waals surface area contributed by atoms with Crippen LogP contribution in [0, 0.1) is 12.7 Å². The Morgan fingerprint density at radius 2 is 1.71 bits per heavy atom. The van der Waals surface area contributed by atoms with Gasteiger partial charge < -0.3 is 14.2 Å². The van der Waals surface area contributed by atoms with Crippen molar-refractivity contribution in [1.29, 1.82) is 0 Å². The maximum atomic E-state index is 13.2. The van der Waals surface area contributed by atoms with Gasteiger partial charge in [-0.1, -0.05) is 30.0 Å². The molecule has 1 aliphatic rings. The highest BCUT2D eigenvalue weighted by molar-refractivity contribution is 7.99. The molecule has 0 unspecified atom stereocenters. The molecule has 34 heavy (non-hydrogen) atoms. The largest absolute Gasteiger partial charge is 0.469 e. The Kier molecular flexibility index (Phi) is 6.35. The molecule has 3 heterocycles. The van der Waals surface area contributed by atoms with E-state index in [0.29, 0.717) is 37.2 Å². The molecular weight excluding hydrogens is 453 g/mol. The van der Waals surface area contributed by atoms with Crippen LogP contribution in [0.2, 0.25) is 0 Å². The second kappa shape index (κ2) is 9.72. The number of nitrogens with zero attached hydrogens (tertiary/aromatic N) is 5. The number of thioether (sulfide) groups is 1. The zero-order valence-corrected chi connectivity index (χ0v) is 19.5. The second-order valence-electron chi connectivity index (χ2n) is 8.00. The Labute approximate surface area is 201 Å². The third kappa shape index (κ3) is 4.56. The van der Waals surface area contributed by atoms with Crippen LogP contribution in [0.3, 0.4) is 0 Å². The van der Waals surface area contributed by atoms with Crippen molar-refractivity contribution in [2.75, 3.05) is 36.8 Å². The fourth-order valence-corrected chi connectivity index (χ4v) is 4.90. The van der Waals surface area contributed by atoms with Crippen LogP contribution < -0.4 is 4.90 Å². The summed E-state index contributed by atoms with van der Waals surface area (Å²) in [7, 11) is 0. The van der Waals surface area contributed by atoms with Gasteiger partial charge in [0.2, 0.25) is 5.91 Å². The number of aryl methyl sites for hydroxylation is 1. The van der Waals surface area contributed by atoms with E-state index < -0.39 is 0 Å². The molecule has 0 spiro atoms. The van der Waals surface area contributed by atoms with Crippen molar-refractivity contribution in [3.05, 3.63) is 78.5 Å². The van der Waals surface area contributed by atoms with Gasteiger partial charge >= 0.3 is 0 Å². The number of halogens is 1. The second-order valence-corrected chi connectivity index (χ2v) is 8.94. The number of rotatable bonds is 6. The summed E-state index contributed by atoms with van der Waals surface area (Å²) >= 11 is 1.38. The third-order valence-electron chi connectivity index (χ3n) is 5.90. The predicted molar refractivity (Wildman–Crippen MR) is 130 cm³/mol. The van der Waals surface area contributed by atoms with Gasteiger partial charge in [-0.15, -0.1) is 10.2 Å². The van der Waals surface area contributed by atoms with Crippen molar-refractivity contribution in [1.82, 2.24) is 19.7 Å². The smallest absolute Gasteiger partial charge is 0.233 e. The van der Waals surface area contributed by atoms with E-state index in [-0.39, 0.29) is 17.5 Å². The summed E-state index contributed by atoms with van der Waals surface area (Å²) in [5.74, 6) is 1.53. The number of benzene rings is 2. The number of carbonyl (C=O) groups excluding carboxylic acids is 1. The number of para-hydroxylation sites is 1. The Balaban J connectivity index is 1.27. The first-order valence-corrected chi connectivity index (χ1v) is 12.0. The molecule has 9 heteroatoms. The molecule has 2 aromatic heterocycles. The van der Waals surface area contributed by atoms with E-state index in [1.165, 1.54) is 23.9 Å². The number of amides is 1. The lowest BCUT2D eigenvalue weighted by atomic mass is 10.2. The molecule has 0 atom stereocenters. The van der Waals surface area contributed by atoms with Crippen molar-refractivity contribution >= 4 is 23.4 Å². The molecule has 2 aromatic carbocycles. The first kappa shape index (κ1) is 22.2. The quantitative estimate of drug-likeness (QED) is 0.383. The summed E-state index contributed by atoms with van der Waals surface area (Å²) in [6.45, 7) is 4.57. The molecular formula is C25H24FN5O2S. The monoisotopic (exact) mass is 477 g/mol. The van der Waals surface area contributed by atoms with E-state index in [2.05, 4.69) is 15.1 Å². The van der Waals surface area contributed by atoms with Gasteiger partial charge in [0.05, 0.1) is 17.6 Å². The van der Waals surface area contributed by atoms with Gasteiger partial charge in [-0.05, 0) is 49.4 Å². The predicted octanol–water partition coefficient (Wildman–Crippen LogP) is 4.42. The molecule has 1 saturated heterocycles. The number of hydrogen-bond acceptors (Lipinski definition) is 6. The molecule has 4 aromatic rings. The Morgan fingerprint density at radius 3 is 2.38 bits per heavy atom. The van der Waals surface area contributed by atoms with Crippen LogP contribution in [0.5, 0.6) is 0 Å². The van der Waals surface area contributed by atoms with Crippen molar-refractivity contribution in [3.63, 3.8) is 0 Å². The Morgan fingerprint density at radius 1 is 0.971 bits per heavy atom. The minimum atomic E-state index is -0.246. The van der Waals surface area contributed by atoms with Crippen LogP contribution in [0.25, 0.3) is 17.1 Å². The van der Waals surface area contributed by atoms with Crippen molar-refractivity contribution < 1.29 is 13.6 Å². The normalized spacial score (nSPS) is 13.9. The highest BCUT2D eigenvalue weighted by Gasteiger charge is 2.24. The van der Waals surface area contributed by atoms with Crippen molar-refractivity contribution in [2.45, 2.75) is 12.1 Å². The molecule has 174 valence electrons. The van der Waals surface area contributed by atoms with Crippen LogP contribution in [0.4, 0.5) is 10.1 Å². The standard InChI is InChI=1S/C25H24FN5O2S/c1-18-22(11-16-33-18)24-27-28-25(31(24)21-5-3-2-4-6-21)34-17-23(32)30-14-12-29(13-15-30)20-9-7-19(26)8-10-20/h2-11,16H,12-15,17H2,1H3. The zero-order chi connectivity index (χ0) is 23.5. The minimum Gasteiger partial charge on any atom is -0.469 e. The summed E-state index contributed by atoms with van der Waals surface area (Å²) in [6.07, 6.45) is 1.64. The molecule has 0 saturated carbocycles. The van der Waals surface area contributed by atoms with Crippen LogP contribution in [0.1, 0.15) is 5.76 Å². The molecule has 1 fully saturated rings. The minimum absolute atomic E-state index is 0.0624. The van der Waals surface area contributed by atoms with E-state index in [1.807, 2.05) is 52.8 Å². The van der Waals surface area contributed by atoms with Crippen molar-refractivity contribution in [3.8, 4) is 17.1 Å². The van der Waals surface area contributed by atoms with Gasteiger partial charge in [-0.25, -0.2) is 4.39 Å². The molecule has 0 radical (unpaired) electrons. The van der Waals surface area contributed by atoms with E-state index >= 15 is 0 Å². The highest BCUT2D eigenvalue weighted by Crippen LogP contribution is 2.30. The van der Waals surface area contributed by atoms with Crippen LogP contribution in [-0.4, -0.2) is 57.5 Å². The summed E-state index contributed by atoms with van der Waals surface area (Å²) in [5, 5.41) is 9.45. The molecule has 1 aliphatic heterocycles. The maximum Gasteiger partial charge on any atom is 0.233 e.